The Kier molecular flexibility index (Phi) is 4.95. The predicted octanol–water partition coefficient (Wildman–Crippen LogP) is 4.05. The van der Waals surface area contributed by atoms with Gasteiger partial charge >= 0.3 is 0 Å². The SMILES string of the molecule is CCCc1nc(Br)cc(Oc2cccc(N(C)C)c2)n1. The lowest BCUT2D eigenvalue weighted by atomic mass is 10.3. The molecule has 2 rings (SSSR count). The van der Waals surface area contributed by atoms with E-state index in [0.717, 1.165) is 34.7 Å². The smallest absolute Gasteiger partial charge is 0.223 e. The third kappa shape index (κ3) is 3.93. The average molecular weight is 336 g/mol. The van der Waals surface area contributed by atoms with Gasteiger partial charge in [-0.2, -0.15) is 4.98 Å². The second-order valence-electron chi connectivity index (χ2n) is 4.69. The number of nitrogens with zero attached hydrogens (tertiary/aromatic N) is 3. The molecule has 0 aliphatic rings. The van der Waals surface area contributed by atoms with Gasteiger partial charge in [0.1, 0.15) is 16.2 Å². The Labute approximate surface area is 127 Å². The molecular formula is C15H18BrN3O. The maximum atomic E-state index is 5.83. The standard InChI is InChI=1S/C15H18BrN3O/c1-4-6-14-17-13(16)10-15(18-14)20-12-8-5-7-11(9-12)19(2)3/h5,7-10H,4,6H2,1-3H3. The van der Waals surface area contributed by atoms with Crippen molar-refractivity contribution in [2.45, 2.75) is 19.8 Å². The number of hydrogen-bond acceptors (Lipinski definition) is 4. The monoisotopic (exact) mass is 335 g/mol. The summed E-state index contributed by atoms with van der Waals surface area (Å²) in [5.74, 6) is 2.12. The molecular weight excluding hydrogens is 318 g/mol. The van der Waals surface area contributed by atoms with Crippen LogP contribution in [0, 0.1) is 0 Å². The minimum atomic E-state index is 0.561. The molecule has 5 heteroatoms. The van der Waals surface area contributed by atoms with Crippen LogP contribution in [0.15, 0.2) is 34.9 Å². The first-order valence-electron chi connectivity index (χ1n) is 6.57. The van der Waals surface area contributed by atoms with Crippen molar-refractivity contribution in [2.24, 2.45) is 0 Å². The van der Waals surface area contributed by atoms with Gasteiger partial charge in [-0.05, 0) is 34.5 Å². The highest BCUT2D eigenvalue weighted by atomic mass is 79.9. The minimum Gasteiger partial charge on any atom is -0.439 e. The fraction of sp³-hybridized carbons (Fsp3) is 0.333. The number of anilines is 1. The molecule has 0 bridgehead atoms. The van der Waals surface area contributed by atoms with Crippen LogP contribution >= 0.6 is 15.9 Å². The molecule has 1 aromatic carbocycles. The van der Waals surface area contributed by atoms with E-state index in [9.17, 15) is 0 Å². The van der Waals surface area contributed by atoms with E-state index in [1.54, 1.807) is 6.07 Å². The van der Waals surface area contributed by atoms with Gasteiger partial charge in [-0.15, -0.1) is 0 Å². The second kappa shape index (κ2) is 6.70. The molecule has 106 valence electrons. The van der Waals surface area contributed by atoms with Crippen molar-refractivity contribution in [3.05, 3.63) is 40.8 Å². The van der Waals surface area contributed by atoms with Crippen LogP contribution in [-0.4, -0.2) is 24.1 Å². The van der Waals surface area contributed by atoms with Crippen molar-refractivity contribution in [2.75, 3.05) is 19.0 Å². The summed E-state index contributed by atoms with van der Waals surface area (Å²) in [6.07, 6.45) is 1.85. The third-order valence-electron chi connectivity index (χ3n) is 2.75. The highest BCUT2D eigenvalue weighted by Crippen LogP contribution is 2.25. The number of aromatic nitrogens is 2. The van der Waals surface area contributed by atoms with E-state index in [1.807, 2.05) is 43.3 Å². The lowest BCUT2D eigenvalue weighted by molar-refractivity contribution is 0.457. The van der Waals surface area contributed by atoms with Crippen LogP contribution in [0.4, 0.5) is 5.69 Å². The van der Waals surface area contributed by atoms with Crippen LogP contribution in [0.3, 0.4) is 0 Å². The van der Waals surface area contributed by atoms with Crippen LogP contribution in [0.2, 0.25) is 0 Å². The summed E-state index contributed by atoms with van der Waals surface area (Å²) in [5.41, 5.74) is 1.09. The summed E-state index contributed by atoms with van der Waals surface area (Å²) in [7, 11) is 4.00. The Morgan fingerprint density at radius 2 is 2.00 bits per heavy atom. The lowest BCUT2D eigenvalue weighted by Crippen LogP contribution is -2.08. The first-order valence-corrected chi connectivity index (χ1v) is 7.36. The largest absolute Gasteiger partial charge is 0.439 e. The molecule has 0 aliphatic carbocycles. The van der Waals surface area contributed by atoms with Crippen LogP contribution in [0.25, 0.3) is 0 Å². The van der Waals surface area contributed by atoms with Crippen molar-refractivity contribution in [1.29, 1.82) is 0 Å². The van der Waals surface area contributed by atoms with E-state index in [2.05, 4.69) is 32.8 Å². The molecule has 0 aliphatic heterocycles. The van der Waals surface area contributed by atoms with Gasteiger partial charge in [0.25, 0.3) is 0 Å². The Bertz CT molecular complexity index is 587. The molecule has 0 radical (unpaired) electrons. The van der Waals surface area contributed by atoms with Crippen molar-refractivity contribution >= 4 is 21.6 Å². The van der Waals surface area contributed by atoms with Crippen molar-refractivity contribution in [1.82, 2.24) is 9.97 Å². The Balaban J connectivity index is 2.23. The first kappa shape index (κ1) is 14.8. The van der Waals surface area contributed by atoms with Crippen molar-refractivity contribution in [3.63, 3.8) is 0 Å². The molecule has 0 saturated carbocycles. The van der Waals surface area contributed by atoms with E-state index in [1.165, 1.54) is 0 Å². The molecule has 0 amide bonds. The van der Waals surface area contributed by atoms with Crippen LogP contribution in [0.5, 0.6) is 11.6 Å². The summed E-state index contributed by atoms with van der Waals surface area (Å²) in [6.45, 7) is 2.10. The molecule has 1 aromatic heterocycles. The van der Waals surface area contributed by atoms with Crippen LogP contribution < -0.4 is 9.64 Å². The predicted molar refractivity (Wildman–Crippen MR) is 84.6 cm³/mol. The zero-order valence-corrected chi connectivity index (χ0v) is 13.5. The van der Waals surface area contributed by atoms with Crippen molar-refractivity contribution in [3.8, 4) is 11.6 Å². The lowest BCUT2D eigenvalue weighted by Gasteiger charge is -2.13. The van der Waals surface area contributed by atoms with E-state index in [-0.39, 0.29) is 0 Å². The Hall–Kier alpha value is -1.62. The molecule has 1 heterocycles. The third-order valence-corrected chi connectivity index (χ3v) is 3.15. The van der Waals surface area contributed by atoms with Gasteiger partial charge in [0, 0.05) is 38.3 Å². The quantitative estimate of drug-likeness (QED) is 0.772. The highest BCUT2D eigenvalue weighted by Gasteiger charge is 2.06. The van der Waals surface area contributed by atoms with Gasteiger partial charge in [0.05, 0.1) is 0 Å². The molecule has 2 aromatic rings. The number of hydrogen-bond donors (Lipinski definition) is 0. The maximum absolute atomic E-state index is 5.83. The zero-order valence-electron chi connectivity index (χ0n) is 11.9. The summed E-state index contributed by atoms with van der Waals surface area (Å²) < 4.78 is 6.57. The maximum Gasteiger partial charge on any atom is 0.223 e. The van der Waals surface area contributed by atoms with Gasteiger partial charge in [-0.25, -0.2) is 4.98 Å². The first-order chi connectivity index (χ1) is 9.58. The molecule has 0 N–H and O–H groups in total. The highest BCUT2D eigenvalue weighted by molar-refractivity contribution is 9.10. The van der Waals surface area contributed by atoms with E-state index in [4.69, 9.17) is 4.74 Å². The van der Waals surface area contributed by atoms with Crippen molar-refractivity contribution < 1.29 is 4.74 Å². The number of halogens is 1. The molecule has 0 unspecified atom stereocenters. The Morgan fingerprint density at radius 3 is 2.70 bits per heavy atom. The van der Waals surface area contributed by atoms with Crippen LogP contribution in [-0.2, 0) is 6.42 Å². The number of aryl methyl sites for hydroxylation is 1. The molecule has 0 fully saturated rings. The summed E-state index contributed by atoms with van der Waals surface area (Å²) in [5, 5.41) is 0. The van der Waals surface area contributed by atoms with Gasteiger partial charge in [-0.3, -0.25) is 0 Å². The molecule has 0 atom stereocenters. The number of ether oxygens (including phenoxy) is 1. The second-order valence-corrected chi connectivity index (χ2v) is 5.50. The van der Waals surface area contributed by atoms with E-state index in [0.29, 0.717) is 5.88 Å². The van der Waals surface area contributed by atoms with Gasteiger partial charge < -0.3 is 9.64 Å². The van der Waals surface area contributed by atoms with E-state index >= 15 is 0 Å². The van der Waals surface area contributed by atoms with Gasteiger partial charge in [0.2, 0.25) is 5.88 Å². The minimum absolute atomic E-state index is 0.561. The van der Waals surface area contributed by atoms with Gasteiger partial charge in [0.15, 0.2) is 0 Å². The molecule has 0 saturated heterocycles. The van der Waals surface area contributed by atoms with E-state index < -0.39 is 0 Å². The fourth-order valence-corrected chi connectivity index (χ4v) is 2.18. The summed E-state index contributed by atoms with van der Waals surface area (Å²) in [6, 6.07) is 9.68. The summed E-state index contributed by atoms with van der Waals surface area (Å²) in [4.78, 5) is 10.8. The molecule has 20 heavy (non-hydrogen) atoms. The zero-order chi connectivity index (χ0) is 14.5. The normalized spacial score (nSPS) is 10.4. The van der Waals surface area contributed by atoms with Crippen LogP contribution in [0.1, 0.15) is 19.2 Å². The average Bonchev–Trinajstić information content (AvgIpc) is 2.38. The topological polar surface area (TPSA) is 38.2 Å². The molecule has 0 spiro atoms. The van der Waals surface area contributed by atoms with Gasteiger partial charge in [-0.1, -0.05) is 13.0 Å². The Morgan fingerprint density at radius 1 is 1.20 bits per heavy atom. The fourth-order valence-electron chi connectivity index (χ4n) is 1.78. The summed E-state index contributed by atoms with van der Waals surface area (Å²) >= 11 is 3.39. The molecule has 4 nitrogen and oxygen atoms in total. The number of rotatable bonds is 5. The number of benzene rings is 1.